The Labute approximate surface area is 192 Å². The Kier molecular flexibility index (Phi) is 6.86. The molecule has 1 saturated heterocycles. The molecule has 10 heteroatoms. The number of amides is 1. The Balaban J connectivity index is 1.61. The van der Waals surface area contributed by atoms with E-state index >= 15 is 0 Å². The number of rotatable bonds is 5. The van der Waals surface area contributed by atoms with Crippen LogP contribution in [0.5, 0.6) is 0 Å². The number of nitrogens with zero attached hydrogens (tertiary/aromatic N) is 3. The van der Waals surface area contributed by atoms with Crippen LogP contribution in [-0.2, 0) is 4.74 Å². The third kappa shape index (κ3) is 4.76. The van der Waals surface area contributed by atoms with E-state index in [1.54, 1.807) is 6.07 Å². The number of hydrogen-bond donors (Lipinski definition) is 2. The van der Waals surface area contributed by atoms with Gasteiger partial charge in [0.2, 0.25) is 0 Å². The van der Waals surface area contributed by atoms with Gasteiger partial charge >= 0.3 is 0 Å². The number of hydrogen-bond acceptors (Lipinski definition) is 6. The molecular formula is C24H19F3N4O3. The van der Waals surface area contributed by atoms with E-state index in [2.05, 4.69) is 15.3 Å². The molecule has 2 aromatic heterocycles. The van der Waals surface area contributed by atoms with Gasteiger partial charge in [-0.15, -0.1) is 0 Å². The van der Waals surface area contributed by atoms with Crippen LogP contribution in [0.4, 0.5) is 18.9 Å². The molecule has 1 amide bonds. The number of ether oxygens (including phenoxy) is 1. The van der Waals surface area contributed by atoms with Crippen LogP contribution in [0.15, 0.2) is 48.8 Å². The molecule has 0 spiro atoms. The van der Waals surface area contributed by atoms with E-state index in [9.17, 15) is 23.1 Å². The van der Waals surface area contributed by atoms with Gasteiger partial charge in [0.15, 0.2) is 0 Å². The second-order valence-corrected chi connectivity index (χ2v) is 7.71. The lowest BCUT2D eigenvalue weighted by molar-refractivity contribution is -0.116. The molecule has 34 heavy (non-hydrogen) atoms. The summed E-state index contributed by atoms with van der Waals surface area (Å²) in [6.07, 6.45) is 1.82. The molecule has 1 aromatic carbocycles. The minimum absolute atomic E-state index is 0.0132. The van der Waals surface area contributed by atoms with Crippen LogP contribution in [0.1, 0.15) is 41.4 Å². The van der Waals surface area contributed by atoms with Crippen molar-refractivity contribution in [3.63, 3.8) is 0 Å². The van der Waals surface area contributed by atoms with E-state index < -0.39 is 52.9 Å². The van der Waals surface area contributed by atoms with E-state index in [0.29, 0.717) is 18.4 Å². The molecule has 1 fully saturated rings. The van der Waals surface area contributed by atoms with Crippen LogP contribution in [0, 0.1) is 28.8 Å². The van der Waals surface area contributed by atoms with Crippen molar-refractivity contribution in [1.82, 2.24) is 9.97 Å². The molecule has 174 valence electrons. The zero-order valence-corrected chi connectivity index (χ0v) is 17.7. The second kappa shape index (κ2) is 9.99. The van der Waals surface area contributed by atoms with Crippen molar-refractivity contribution in [2.75, 3.05) is 5.32 Å². The van der Waals surface area contributed by atoms with Gasteiger partial charge in [-0.05, 0) is 43.2 Å². The van der Waals surface area contributed by atoms with Crippen molar-refractivity contribution < 1.29 is 27.8 Å². The first-order valence-corrected chi connectivity index (χ1v) is 10.5. The zero-order valence-electron chi connectivity index (χ0n) is 17.7. The molecule has 1 aliphatic heterocycles. The summed E-state index contributed by atoms with van der Waals surface area (Å²) in [6.45, 7) is 0. The quantitative estimate of drug-likeness (QED) is 0.578. The lowest BCUT2D eigenvalue weighted by atomic mass is 9.95. The van der Waals surface area contributed by atoms with Gasteiger partial charge in [0.1, 0.15) is 28.8 Å². The summed E-state index contributed by atoms with van der Waals surface area (Å²) in [6, 6.07) is 8.70. The summed E-state index contributed by atoms with van der Waals surface area (Å²) in [5.41, 5.74) is -0.709. The lowest BCUT2D eigenvalue weighted by Crippen LogP contribution is -2.35. The molecule has 3 unspecified atom stereocenters. The minimum Gasteiger partial charge on any atom is -0.390 e. The van der Waals surface area contributed by atoms with Crippen LogP contribution in [0.2, 0.25) is 0 Å². The monoisotopic (exact) mass is 468 g/mol. The number of carbonyl (C=O) groups excluding carboxylic acids is 1. The van der Waals surface area contributed by atoms with Gasteiger partial charge in [0.25, 0.3) is 5.91 Å². The van der Waals surface area contributed by atoms with Crippen LogP contribution < -0.4 is 5.32 Å². The largest absolute Gasteiger partial charge is 0.390 e. The highest BCUT2D eigenvalue weighted by atomic mass is 19.1. The third-order valence-corrected chi connectivity index (χ3v) is 5.51. The molecule has 3 heterocycles. The third-order valence-electron chi connectivity index (χ3n) is 5.51. The Morgan fingerprint density at radius 3 is 2.65 bits per heavy atom. The van der Waals surface area contributed by atoms with Crippen molar-refractivity contribution in [2.24, 2.45) is 0 Å². The number of aliphatic hydroxyl groups excluding tert-OH is 1. The molecule has 7 nitrogen and oxygen atoms in total. The summed E-state index contributed by atoms with van der Waals surface area (Å²) in [7, 11) is 0. The number of nitrogens with one attached hydrogen (secondary N) is 1. The molecular weight excluding hydrogens is 449 g/mol. The van der Waals surface area contributed by atoms with Crippen molar-refractivity contribution in [2.45, 2.75) is 37.6 Å². The lowest BCUT2D eigenvalue weighted by Gasteiger charge is -2.33. The fraction of sp³-hybridized carbons (Fsp3) is 0.250. The first kappa shape index (κ1) is 23.4. The molecule has 0 aliphatic carbocycles. The molecule has 2 N–H and O–H groups in total. The van der Waals surface area contributed by atoms with Gasteiger partial charge in [0.05, 0.1) is 48.2 Å². The average molecular weight is 468 g/mol. The summed E-state index contributed by atoms with van der Waals surface area (Å²) in [4.78, 5) is 20.8. The SMILES string of the molecule is N#CCC1OC(c2ccncc2NC(=O)c2ccc(F)c(-c3c(F)cccc3F)n2)CCC1O. The normalized spacial score (nSPS) is 19.9. The molecule has 0 radical (unpaired) electrons. The number of benzene rings is 1. The number of aliphatic hydroxyl groups is 1. The molecule has 3 atom stereocenters. The van der Waals surface area contributed by atoms with Crippen molar-refractivity contribution in [3.05, 3.63) is 77.5 Å². The average Bonchev–Trinajstić information content (AvgIpc) is 2.82. The first-order chi connectivity index (χ1) is 16.4. The number of nitriles is 1. The van der Waals surface area contributed by atoms with Gasteiger partial charge in [-0.25, -0.2) is 18.2 Å². The number of aromatic nitrogens is 2. The molecule has 0 saturated carbocycles. The van der Waals surface area contributed by atoms with Crippen LogP contribution >= 0.6 is 0 Å². The van der Waals surface area contributed by atoms with E-state index in [4.69, 9.17) is 10.00 Å². The summed E-state index contributed by atoms with van der Waals surface area (Å²) < 4.78 is 48.5. The Hall–Kier alpha value is -3.81. The van der Waals surface area contributed by atoms with E-state index in [1.165, 1.54) is 12.4 Å². The zero-order chi connectivity index (χ0) is 24.2. The molecule has 3 aromatic rings. The van der Waals surface area contributed by atoms with Gasteiger partial charge in [-0.2, -0.15) is 5.26 Å². The Bertz CT molecular complexity index is 1240. The fourth-order valence-corrected chi connectivity index (χ4v) is 3.83. The van der Waals surface area contributed by atoms with Gasteiger partial charge in [0, 0.05) is 11.8 Å². The minimum atomic E-state index is -1.01. The highest BCUT2D eigenvalue weighted by molar-refractivity contribution is 6.03. The fourth-order valence-electron chi connectivity index (χ4n) is 3.83. The highest BCUT2D eigenvalue weighted by Gasteiger charge is 2.32. The van der Waals surface area contributed by atoms with Crippen LogP contribution in [0.25, 0.3) is 11.3 Å². The highest BCUT2D eigenvalue weighted by Crippen LogP contribution is 2.36. The maximum absolute atomic E-state index is 14.3. The number of pyridine rings is 2. The maximum atomic E-state index is 14.3. The van der Waals surface area contributed by atoms with E-state index in [-0.39, 0.29) is 17.8 Å². The first-order valence-electron chi connectivity index (χ1n) is 10.5. The maximum Gasteiger partial charge on any atom is 0.274 e. The molecule has 0 bridgehead atoms. The van der Waals surface area contributed by atoms with Gasteiger partial charge < -0.3 is 15.2 Å². The van der Waals surface area contributed by atoms with Gasteiger partial charge in [-0.3, -0.25) is 9.78 Å². The predicted octanol–water partition coefficient (Wildman–Crippen LogP) is 4.31. The standard InChI is InChI=1S/C24H19F3N4O3/c25-14-2-1-3-15(26)22(14)23-16(27)4-5-17(30-23)24(33)31-18-12-29-11-9-13(18)20-7-6-19(32)21(34-20)8-10-28/h1-5,9,11-12,19-21,32H,6-8H2,(H,31,33). The topological polar surface area (TPSA) is 108 Å². The second-order valence-electron chi connectivity index (χ2n) is 7.71. The summed E-state index contributed by atoms with van der Waals surface area (Å²) in [5, 5.41) is 21.6. The van der Waals surface area contributed by atoms with Crippen LogP contribution in [-0.4, -0.2) is 33.2 Å². The molecule has 4 rings (SSSR count). The number of anilines is 1. The van der Waals surface area contributed by atoms with Crippen molar-refractivity contribution in [1.29, 1.82) is 5.26 Å². The van der Waals surface area contributed by atoms with Crippen molar-refractivity contribution >= 4 is 11.6 Å². The number of halogens is 3. The van der Waals surface area contributed by atoms with E-state index in [1.807, 2.05) is 6.07 Å². The van der Waals surface area contributed by atoms with E-state index in [0.717, 1.165) is 30.3 Å². The van der Waals surface area contributed by atoms with Crippen molar-refractivity contribution in [3.8, 4) is 17.3 Å². The summed E-state index contributed by atoms with van der Waals surface area (Å²) >= 11 is 0. The smallest absolute Gasteiger partial charge is 0.274 e. The molecule has 1 aliphatic rings. The summed E-state index contributed by atoms with van der Waals surface area (Å²) in [5.74, 6) is -3.76. The predicted molar refractivity (Wildman–Crippen MR) is 115 cm³/mol. The van der Waals surface area contributed by atoms with Crippen LogP contribution in [0.3, 0.4) is 0 Å². The Morgan fingerprint density at radius 2 is 1.91 bits per heavy atom. The Morgan fingerprint density at radius 1 is 1.15 bits per heavy atom. The van der Waals surface area contributed by atoms with Gasteiger partial charge in [-0.1, -0.05) is 6.07 Å². The number of carbonyl (C=O) groups is 1.